The molecule has 0 radical (unpaired) electrons. The van der Waals surface area contributed by atoms with Crippen LogP contribution in [-0.4, -0.2) is 17.5 Å². The van der Waals surface area contributed by atoms with Crippen LogP contribution >= 0.6 is 0 Å². The molecule has 0 spiro atoms. The Morgan fingerprint density at radius 3 is 2.55 bits per heavy atom. The molecular weight excluding hydrogens is 414 g/mol. The number of anilines is 2. The molecule has 4 aromatic rings. The number of carbonyl (C=O) groups is 1. The Morgan fingerprint density at radius 2 is 1.79 bits per heavy atom. The molecule has 0 saturated heterocycles. The second kappa shape index (κ2) is 10.2. The monoisotopic (exact) mass is 441 g/mol. The van der Waals surface area contributed by atoms with Crippen molar-refractivity contribution in [1.29, 1.82) is 5.53 Å². The standard InChI is InChI=1S/C26H23N5O2.2H2/c27-23-13-14-24(30-25(23)31-28)20-7-4-8-21(17-20)29-26(32)19-9-11-22(12-10-19)33-16-15-18-5-2-1-3-6-18;;/h1-14,17,28H,15-16,27H2,(H,29,32);2*1H. The van der Waals surface area contributed by atoms with Gasteiger partial charge < -0.3 is 15.8 Å². The third-order valence-corrected chi connectivity index (χ3v) is 5.05. The van der Waals surface area contributed by atoms with E-state index < -0.39 is 0 Å². The van der Waals surface area contributed by atoms with E-state index in [0.717, 1.165) is 17.7 Å². The number of hydrogen-bond donors (Lipinski definition) is 3. The van der Waals surface area contributed by atoms with Gasteiger partial charge in [0, 0.05) is 26.1 Å². The molecule has 0 aliphatic heterocycles. The summed E-state index contributed by atoms with van der Waals surface area (Å²) < 4.78 is 5.79. The minimum absolute atomic E-state index is 0. The van der Waals surface area contributed by atoms with E-state index in [1.807, 2.05) is 36.4 Å². The van der Waals surface area contributed by atoms with Crippen LogP contribution in [0.1, 0.15) is 18.8 Å². The number of carbonyl (C=O) groups excluding carboxylic acids is 1. The Hall–Kier alpha value is -4.52. The Morgan fingerprint density at radius 1 is 1.00 bits per heavy atom. The molecule has 0 unspecified atom stereocenters. The molecule has 4 N–H and O–H groups in total. The van der Waals surface area contributed by atoms with Crippen LogP contribution in [0.2, 0.25) is 0 Å². The van der Waals surface area contributed by atoms with Crippen molar-refractivity contribution in [1.82, 2.24) is 4.98 Å². The molecule has 33 heavy (non-hydrogen) atoms. The lowest BCUT2D eigenvalue weighted by molar-refractivity contribution is 0.102. The summed E-state index contributed by atoms with van der Waals surface area (Å²) in [6, 6.07) is 27.9. The first-order valence-corrected chi connectivity index (χ1v) is 10.4. The largest absolute Gasteiger partial charge is 0.493 e. The van der Waals surface area contributed by atoms with E-state index >= 15 is 0 Å². The molecule has 168 valence electrons. The van der Waals surface area contributed by atoms with Crippen molar-refractivity contribution in [2.45, 2.75) is 6.42 Å². The lowest BCUT2D eigenvalue weighted by Gasteiger charge is -2.10. The zero-order valence-corrected chi connectivity index (χ0v) is 17.9. The van der Waals surface area contributed by atoms with Crippen molar-refractivity contribution in [3.63, 3.8) is 0 Å². The van der Waals surface area contributed by atoms with Crippen molar-refractivity contribution >= 4 is 23.1 Å². The molecule has 3 aromatic carbocycles. The Balaban J connectivity index is 0.00000216. The maximum atomic E-state index is 12.7. The number of nitrogens with one attached hydrogen (secondary N) is 2. The summed E-state index contributed by atoms with van der Waals surface area (Å²) in [5.41, 5.74) is 17.0. The van der Waals surface area contributed by atoms with Crippen LogP contribution in [0, 0.1) is 5.53 Å². The highest BCUT2D eigenvalue weighted by Crippen LogP contribution is 2.27. The summed E-state index contributed by atoms with van der Waals surface area (Å²) in [5, 5.41) is 6.24. The van der Waals surface area contributed by atoms with Crippen LogP contribution in [0.4, 0.5) is 17.2 Å². The quantitative estimate of drug-likeness (QED) is 0.276. The highest BCUT2D eigenvalue weighted by Gasteiger charge is 2.09. The fourth-order valence-electron chi connectivity index (χ4n) is 3.30. The molecule has 1 aromatic heterocycles. The van der Waals surface area contributed by atoms with Gasteiger partial charge in [-0.1, -0.05) is 42.5 Å². The summed E-state index contributed by atoms with van der Waals surface area (Å²) in [4.78, 5) is 17.0. The maximum absolute atomic E-state index is 12.7. The average molecular weight is 442 g/mol. The van der Waals surface area contributed by atoms with E-state index in [1.165, 1.54) is 5.56 Å². The number of ether oxygens (including phenoxy) is 1. The topological polar surface area (TPSA) is 113 Å². The Kier molecular flexibility index (Phi) is 6.70. The molecule has 1 heterocycles. The zero-order chi connectivity index (χ0) is 23.0. The lowest BCUT2D eigenvalue weighted by atomic mass is 10.1. The van der Waals surface area contributed by atoms with E-state index in [4.69, 9.17) is 16.0 Å². The second-order valence-electron chi connectivity index (χ2n) is 7.36. The number of amides is 1. The van der Waals surface area contributed by atoms with Gasteiger partial charge in [0.05, 0.1) is 18.0 Å². The molecule has 7 nitrogen and oxygen atoms in total. The van der Waals surface area contributed by atoms with Gasteiger partial charge >= 0.3 is 0 Å². The molecule has 0 atom stereocenters. The third-order valence-electron chi connectivity index (χ3n) is 5.05. The van der Waals surface area contributed by atoms with Crippen molar-refractivity contribution in [2.24, 2.45) is 5.11 Å². The highest BCUT2D eigenvalue weighted by atomic mass is 16.5. The van der Waals surface area contributed by atoms with E-state index in [9.17, 15) is 4.79 Å². The van der Waals surface area contributed by atoms with Gasteiger partial charge in [-0.15, -0.1) is 5.11 Å². The van der Waals surface area contributed by atoms with E-state index in [0.29, 0.717) is 29.2 Å². The van der Waals surface area contributed by atoms with Gasteiger partial charge in [-0.05, 0) is 54.1 Å². The van der Waals surface area contributed by atoms with Gasteiger partial charge in [-0.2, -0.15) is 0 Å². The summed E-state index contributed by atoms with van der Waals surface area (Å²) >= 11 is 0. The fraction of sp³-hybridized carbons (Fsp3) is 0.0769. The molecule has 0 saturated carbocycles. The predicted molar refractivity (Wildman–Crippen MR) is 133 cm³/mol. The summed E-state index contributed by atoms with van der Waals surface area (Å²) in [5.74, 6) is 0.651. The molecule has 1 amide bonds. The van der Waals surface area contributed by atoms with E-state index in [1.54, 1.807) is 42.5 Å². The number of rotatable bonds is 8. The van der Waals surface area contributed by atoms with Crippen molar-refractivity contribution in [3.05, 3.63) is 102 Å². The number of pyridine rings is 1. The lowest BCUT2D eigenvalue weighted by Crippen LogP contribution is -2.12. The molecule has 0 aliphatic carbocycles. The summed E-state index contributed by atoms with van der Waals surface area (Å²) in [6.07, 6.45) is 0.819. The molecule has 0 fully saturated rings. The number of benzene rings is 3. The normalized spacial score (nSPS) is 10.4. The second-order valence-corrected chi connectivity index (χ2v) is 7.36. The summed E-state index contributed by atoms with van der Waals surface area (Å²) in [7, 11) is 0. The average Bonchev–Trinajstić information content (AvgIpc) is 2.85. The van der Waals surface area contributed by atoms with Gasteiger partial charge in [0.1, 0.15) is 5.75 Å². The van der Waals surface area contributed by atoms with Crippen LogP contribution in [-0.2, 0) is 6.42 Å². The van der Waals surface area contributed by atoms with Crippen molar-refractivity contribution < 1.29 is 12.4 Å². The van der Waals surface area contributed by atoms with Crippen molar-refractivity contribution in [3.8, 4) is 17.0 Å². The van der Waals surface area contributed by atoms with Gasteiger partial charge in [-0.25, -0.2) is 10.5 Å². The van der Waals surface area contributed by atoms with Crippen LogP contribution in [0.5, 0.6) is 5.75 Å². The van der Waals surface area contributed by atoms with Crippen LogP contribution in [0.15, 0.2) is 96.1 Å². The number of aromatic nitrogens is 1. The Bertz CT molecular complexity index is 1270. The highest BCUT2D eigenvalue weighted by molar-refractivity contribution is 6.04. The van der Waals surface area contributed by atoms with Crippen LogP contribution in [0.3, 0.4) is 0 Å². The maximum Gasteiger partial charge on any atom is 0.255 e. The fourth-order valence-corrected chi connectivity index (χ4v) is 3.30. The minimum Gasteiger partial charge on any atom is -0.493 e. The molecule has 0 aliphatic rings. The zero-order valence-electron chi connectivity index (χ0n) is 17.9. The molecular formula is C26H27N5O2. The number of nitrogens with two attached hydrogens (primary N) is 1. The summed E-state index contributed by atoms with van der Waals surface area (Å²) in [6.45, 7) is 0.566. The van der Waals surface area contributed by atoms with Crippen LogP contribution < -0.4 is 15.8 Å². The van der Waals surface area contributed by atoms with Gasteiger partial charge in [0.25, 0.3) is 5.91 Å². The smallest absolute Gasteiger partial charge is 0.255 e. The number of nitrogens with zero attached hydrogens (tertiary/aromatic N) is 2. The predicted octanol–water partition coefficient (Wildman–Crippen LogP) is 6.36. The first-order chi connectivity index (χ1) is 16.1. The first kappa shape index (κ1) is 21.7. The SMILES string of the molecule is N=Nc1nc(-c2cccc(NC(=O)c3ccc(OCCc4ccccc4)cc3)c2)ccc1N.[HH].[HH]. The van der Waals surface area contributed by atoms with E-state index in [-0.39, 0.29) is 14.6 Å². The van der Waals surface area contributed by atoms with Gasteiger partial charge in [0.15, 0.2) is 5.82 Å². The molecule has 4 rings (SSSR count). The first-order valence-electron chi connectivity index (χ1n) is 10.4. The molecule has 0 bridgehead atoms. The number of hydrogen-bond acceptors (Lipinski definition) is 6. The number of nitrogen functional groups attached to an aromatic ring is 1. The third kappa shape index (κ3) is 5.59. The van der Waals surface area contributed by atoms with Gasteiger partial charge in [0.2, 0.25) is 0 Å². The van der Waals surface area contributed by atoms with Gasteiger partial charge in [-0.3, -0.25) is 4.79 Å². The molecule has 7 heteroatoms. The Labute approximate surface area is 194 Å². The van der Waals surface area contributed by atoms with Crippen LogP contribution in [0.25, 0.3) is 11.3 Å². The van der Waals surface area contributed by atoms with E-state index in [2.05, 4.69) is 27.5 Å². The minimum atomic E-state index is -0.227. The van der Waals surface area contributed by atoms with Crippen molar-refractivity contribution in [2.75, 3.05) is 17.7 Å².